The topological polar surface area (TPSA) is 54.1 Å². The fraction of sp³-hybridized carbons (Fsp3) is 0.909. The Bertz CT molecular complexity index is 254. The minimum Gasteiger partial charge on any atom is -0.385 e. The van der Waals surface area contributed by atoms with E-state index in [1.807, 2.05) is 0 Å². The lowest BCUT2D eigenvalue weighted by molar-refractivity contribution is 0.123. The molecule has 1 rings (SSSR count). The molecular weight excluding hydrogens is 204 g/mol. The number of rotatable bonds is 6. The largest absolute Gasteiger partial charge is 0.385 e. The molecule has 0 radical (unpaired) electrons. The quantitative estimate of drug-likeness (QED) is 0.694. The van der Waals surface area contributed by atoms with E-state index in [0.29, 0.717) is 5.96 Å². The summed E-state index contributed by atoms with van der Waals surface area (Å²) in [6.45, 7) is 5.62. The van der Waals surface area contributed by atoms with Crippen LogP contribution in [-0.2, 0) is 4.74 Å². The number of guanidine groups is 1. The Morgan fingerprint density at radius 1 is 1.56 bits per heavy atom. The van der Waals surface area contributed by atoms with Crippen molar-refractivity contribution in [2.24, 2.45) is 10.7 Å². The summed E-state index contributed by atoms with van der Waals surface area (Å²) in [5.74, 6) is 0.667. The minimum atomic E-state index is 0.0239. The van der Waals surface area contributed by atoms with Gasteiger partial charge in [0.25, 0.3) is 0 Å². The highest BCUT2D eigenvalue weighted by atomic mass is 16.5. The van der Waals surface area contributed by atoms with Gasteiger partial charge in [-0.2, -0.15) is 0 Å². The van der Waals surface area contributed by atoms with Gasteiger partial charge in [-0.3, -0.25) is 4.99 Å². The van der Waals surface area contributed by atoms with E-state index >= 15 is 0 Å². The van der Waals surface area contributed by atoms with Crippen LogP contribution in [-0.4, -0.2) is 68.7 Å². The molecule has 0 aromatic rings. The first kappa shape index (κ1) is 13.3. The molecule has 0 aromatic carbocycles. The number of aliphatic imine (C=N–C) groups is 1. The van der Waals surface area contributed by atoms with Crippen LogP contribution in [0.4, 0.5) is 0 Å². The molecule has 0 saturated heterocycles. The number of nitrogens with zero attached hydrogens (tertiary/aromatic N) is 3. The second-order valence-electron chi connectivity index (χ2n) is 4.87. The molecule has 94 valence electrons. The first-order valence-electron chi connectivity index (χ1n) is 5.71. The average molecular weight is 228 g/mol. The molecule has 1 aliphatic rings. The number of hydrogen-bond acceptors (Lipinski definition) is 5. The first-order valence-corrected chi connectivity index (χ1v) is 5.71. The van der Waals surface area contributed by atoms with Crippen molar-refractivity contribution in [1.82, 2.24) is 9.80 Å². The molecule has 5 heteroatoms. The van der Waals surface area contributed by atoms with E-state index in [1.165, 1.54) is 0 Å². The van der Waals surface area contributed by atoms with Crippen LogP contribution >= 0.6 is 0 Å². The van der Waals surface area contributed by atoms with E-state index in [2.05, 4.69) is 35.8 Å². The van der Waals surface area contributed by atoms with E-state index < -0.39 is 0 Å². The van der Waals surface area contributed by atoms with Crippen molar-refractivity contribution in [3.05, 3.63) is 0 Å². The summed E-state index contributed by atoms with van der Waals surface area (Å²) in [6, 6.07) is 0. The van der Waals surface area contributed by atoms with Crippen molar-refractivity contribution < 1.29 is 4.74 Å². The molecule has 16 heavy (non-hydrogen) atoms. The van der Waals surface area contributed by atoms with E-state index in [-0.39, 0.29) is 5.54 Å². The van der Waals surface area contributed by atoms with Crippen LogP contribution in [0.5, 0.6) is 0 Å². The molecule has 1 heterocycles. The number of nitrogens with two attached hydrogens (primary N) is 1. The SMILES string of the molecule is COCCC1(C)CN=C(N)N1CCN(C)C. The molecular formula is C11H24N4O. The van der Waals surface area contributed by atoms with Crippen LogP contribution in [0.1, 0.15) is 13.3 Å². The summed E-state index contributed by atoms with van der Waals surface area (Å²) in [6.07, 6.45) is 0.959. The van der Waals surface area contributed by atoms with Crippen molar-refractivity contribution >= 4 is 5.96 Å². The van der Waals surface area contributed by atoms with Gasteiger partial charge in [0.05, 0.1) is 12.1 Å². The van der Waals surface area contributed by atoms with Gasteiger partial charge in [-0.15, -0.1) is 0 Å². The smallest absolute Gasteiger partial charge is 0.191 e. The van der Waals surface area contributed by atoms with Gasteiger partial charge in [0, 0.05) is 26.8 Å². The fourth-order valence-corrected chi connectivity index (χ4v) is 1.92. The second kappa shape index (κ2) is 5.50. The van der Waals surface area contributed by atoms with Crippen molar-refractivity contribution in [2.45, 2.75) is 18.9 Å². The predicted molar refractivity (Wildman–Crippen MR) is 66.6 cm³/mol. The van der Waals surface area contributed by atoms with Crippen LogP contribution < -0.4 is 5.73 Å². The van der Waals surface area contributed by atoms with Crippen molar-refractivity contribution in [3.63, 3.8) is 0 Å². The van der Waals surface area contributed by atoms with E-state index in [9.17, 15) is 0 Å². The molecule has 1 atom stereocenters. The standard InChI is InChI=1S/C11H24N4O/c1-11(5-8-16-4)9-13-10(12)15(11)7-6-14(2)3/h5-9H2,1-4H3,(H2,12,13). The van der Waals surface area contributed by atoms with Gasteiger partial charge in [-0.1, -0.05) is 0 Å². The number of ether oxygens (including phenoxy) is 1. The number of likely N-dealkylation sites (N-methyl/N-ethyl adjacent to an activating group) is 1. The van der Waals surface area contributed by atoms with Gasteiger partial charge in [0.1, 0.15) is 0 Å². The molecule has 5 nitrogen and oxygen atoms in total. The lowest BCUT2D eigenvalue weighted by Crippen LogP contribution is -2.52. The number of methoxy groups -OCH3 is 1. The molecule has 1 unspecified atom stereocenters. The zero-order chi connectivity index (χ0) is 12.2. The molecule has 0 fully saturated rings. The maximum absolute atomic E-state index is 5.93. The van der Waals surface area contributed by atoms with E-state index in [1.54, 1.807) is 7.11 Å². The van der Waals surface area contributed by atoms with Gasteiger partial charge in [0.2, 0.25) is 0 Å². The molecule has 0 bridgehead atoms. The minimum absolute atomic E-state index is 0.0239. The predicted octanol–water partition coefficient (Wildman–Crippen LogP) is -0.0265. The third-order valence-electron chi connectivity index (χ3n) is 3.13. The van der Waals surface area contributed by atoms with Crippen LogP contribution in [0.25, 0.3) is 0 Å². The molecule has 0 aromatic heterocycles. The second-order valence-corrected chi connectivity index (χ2v) is 4.87. The summed E-state index contributed by atoms with van der Waals surface area (Å²) in [5, 5.41) is 0. The summed E-state index contributed by atoms with van der Waals surface area (Å²) >= 11 is 0. The van der Waals surface area contributed by atoms with E-state index in [4.69, 9.17) is 10.5 Å². The molecule has 2 N–H and O–H groups in total. The Balaban J connectivity index is 2.57. The van der Waals surface area contributed by atoms with Crippen LogP contribution in [0.3, 0.4) is 0 Å². The summed E-state index contributed by atoms with van der Waals surface area (Å²) in [4.78, 5) is 8.70. The lowest BCUT2D eigenvalue weighted by Gasteiger charge is -2.36. The van der Waals surface area contributed by atoms with E-state index in [0.717, 1.165) is 32.7 Å². The van der Waals surface area contributed by atoms with Gasteiger partial charge in [-0.25, -0.2) is 0 Å². The Morgan fingerprint density at radius 3 is 2.81 bits per heavy atom. The van der Waals surface area contributed by atoms with Crippen molar-refractivity contribution in [1.29, 1.82) is 0 Å². The van der Waals surface area contributed by atoms with Crippen LogP contribution in [0, 0.1) is 0 Å². The van der Waals surface area contributed by atoms with Gasteiger partial charge in [0.15, 0.2) is 5.96 Å². The van der Waals surface area contributed by atoms with Crippen LogP contribution in [0.15, 0.2) is 4.99 Å². The highest BCUT2D eigenvalue weighted by Crippen LogP contribution is 2.24. The molecule has 0 aliphatic carbocycles. The third-order valence-corrected chi connectivity index (χ3v) is 3.13. The summed E-state index contributed by atoms with van der Waals surface area (Å²) < 4.78 is 5.15. The van der Waals surface area contributed by atoms with Gasteiger partial charge >= 0.3 is 0 Å². The Labute approximate surface area is 98.3 Å². The maximum Gasteiger partial charge on any atom is 0.191 e. The number of hydrogen-bond donors (Lipinski definition) is 1. The third kappa shape index (κ3) is 3.09. The monoisotopic (exact) mass is 228 g/mol. The van der Waals surface area contributed by atoms with Crippen molar-refractivity contribution in [3.8, 4) is 0 Å². The maximum atomic E-state index is 5.93. The normalized spacial score (nSPS) is 25.3. The molecule has 0 spiro atoms. The van der Waals surface area contributed by atoms with Crippen LogP contribution in [0.2, 0.25) is 0 Å². The first-order chi connectivity index (χ1) is 7.49. The highest BCUT2D eigenvalue weighted by molar-refractivity contribution is 5.80. The van der Waals surface area contributed by atoms with Crippen molar-refractivity contribution in [2.75, 3.05) is 47.4 Å². The Kier molecular flexibility index (Phi) is 4.56. The molecule has 0 amide bonds. The van der Waals surface area contributed by atoms with Gasteiger partial charge < -0.3 is 20.3 Å². The zero-order valence-corrected chi connectivity index (χ0v) is 10.9. The summed E-state index contributed by atoms with van der Waals surface area (Å²) in [5.41, 5.74) is 5.95. The lowest BCUT2D eigenvalue weighted by atomic mass is 9.97. The zero-order valence-electron chi connectivity index (χ0n) is 10.9. The molecule has 0 saturated carbocycles. The Morgan fingerprint density at radius 2 is 2.25 bits per heavy atom. The fourth-order valence-electron chi connectivity index (χ4n) is 1.92. The van der Waals surface area contributed by atoms with Gasteiger partial charge in [-0.05, 0) is 27.4 Å². The summed E-state index contributed by atoms with van der Waals surface area (Å²) in [7, 11) is 5.86. The Hall–Kier alpha value is -0.810. The highest BCUT2D eigenvalue weighted by Gasteiger charge is 2.37. The average Bonchev–Trinajstić information content (AvgIpc) is 2.50. The molecule has 1 aliphatic heterocycles.